The Morgan fingerprint density at radius 1 is 1.23 bits per heavy atom. The molecule has 0 fully saturated rings. The number of para-hydroxylation sites is 1. The van der Waals surface area contributed by atoms with E-state index in [0.717, 1.165) is 22.9 Å². The molecule has 2 aromatic carbocycles. The summed E-state index contributed by atoms with van der Waals surface area (Å²) in [7, 11) is 0. The second-order valence-corrected chi connectivity index (χ2v) is 5.43. The maximum absolute atomic E-state index is 12.5. The van der Waals surface area contributed by atoms with E-state index in [9.17, 15) is 4.79 Å². The van der Waals surface area contributed by atoms with Crippen molar-refractivity contribution < 1.29 is 4.79 Å². The zero-order chi connectivity index (χ0) is 15.5. The predicted molar refractivity (Wildman–Crippen MR) is 87.8 cm³/mol. The van der Waals surface area contributed by atoms with Crippen molar-refractivity contribution in [2.45, 2.75) is 26.3 Å². The van der Waals surface area contributed by atoms with Gasteiger partial charge in [-0.15, -0.1) is 0 Å². The van der Waals surface area contributed by atoms with Gasteiger partial charge in [-0.1, -0.05) is 43.3 Å². The Kier molecular flexibility index (Phi) is 3.92. The summed E-state index contributed by atoms with van der Waals surface area (Å²) in [4.78, 5) is 12.5. The monoisotopic (exact) mass is 293 g/mol. The molecule has 1 aromatic heterocycles. The number of aromatic amines is 1. The van der Waals surface area contributed by atoms with Crippen LogP contribution >= 0.6 is 0 Å². The standard InChI is InChI=1S/C18H19N3O/c1-3-13-7-9-14(10-8-13)12(2)20-18(22)16-6-4-5-15-11-19-21-17(15)16/h4-12H,3H2,1-2H3,(H,19,21)(H,20,22). The van der Waals surface area contributed by atoms with Gasteiger partial charge in [-0.3, -0.25) is 9.89 Å². The number of hydrogen-bond acceptors (Lipinski definition) is 2. The van der Waals surface area contributed by atoms with E-state index in [4.69, 9.17) is 0 Å². The highest BCUT2D eigenvalue weighted by atomic mass is 16.1. The maximum Gasteiger partial charge on any atom is 0.253 e. The average Bonchev–Trinajstić information content (AvgIpc) is 3.03. The molecule has 3 rings (SSSR count). The van der Waals surface area contributed by atoms with Crippen LogP contribution in [0.15, 0.2) is 48.7 Å². The molecule has 0 aliphatic heterocycles. The zero-order valence-corrected chi connectivity index (χ0v) is 12.8. The molecule has 0 aliphatic rings. The van der Waals surface area contributed by atoms with Crippen LogP contribution in [0.1, 0.15) is 41.4 Å². The quantitative estimate of drug-likeness (QED) is 0.772. The Balaban J connectivity index is 1.79. The lowest BCUT2D eigenvalue weighted by atomic mass is 10.0. The number of fused-ring (bicyclic) bond motifs is 1. The highest BCUT2D eigenvalue weighted by Crippen LogP contribution is 2.18. The van der Waals surface area contributed by atoms with Crippen molar-refractivity contribution in [2.75, 3.05) is 0 Å². The molecule has 2 N–H and O–H groups in total. The van der Waals surface area contributed by atoms with E-state index in [2.05, 4.69) is 46.7 Å². The third-order valence-electron chi connectivity index (χ3n) is 3.96. The van der Waals surface area contributed by atoms with Crippen LogP contribution in [0.5, 0.6) is 0 Å². The largest absolute Gasteiger partial charge is 0.345 e. The average molecular weight is 293 g/mol. The Hall–Kier alpha value is -2.62. The van der Waals surface area contributed by atoms with Gasteiger partial charge >= 0.3 is 0 Å². The minimum atomic E-state index is -0.0954. The van der Waals surface area contributed by atoms with Crippen LogP contribution in [0.3, 0.4) is 0 Å². The third kappa shape index (κ3) is 2.72. The molecule has 0 spiro atoms. The van der Waals surface area contributed by atoms with E-state index in [1.54, 1.807) is 6.20 Å². The first kappa shape index (κ1) is 14.3. The van der Waals surface area contributed by atoms with Crippen LogP contribution in [-0.2, 0) is 6.42 Å². The molecule has 0 bridgehead atoms. The summed E-state index contributed by atoms with van der Waals surface area (Å²) < 4.78 is 0. The van der Waals surface area contributed by atoms with Gasteiger partial charge in [0.05, 0.1) is 23.3 Å². The Morgan fingerprint density at radius 2 is 2.00 bits per heavy atom. The van der Waals surface area contributed by atoms with E-state index in [-0.39, 0.29) is 11.9 Å². The van der Waals surface area contributed by atoms with Gasteiger partial charge in [-0.05, 0) is 30.5 Å². The minimum absolute atomic E-state index is 0.0448. The van der Waals surface area contributed by atoms with Crippen molar-refractivity contribution in [1.82, 2.24) is 15.5 Å². The van der Waals surface area contributed by atoms with E-state index in [0.29, 0.717) is 5.56 Å². The number of nitrogens with one attached hydrogen (secondary N) is 2. The SMILES string of the molecule is CCc1ccc(C(C)NC(=O)c2cccc3cn[nH]c23)cc1. The number of aryl methyl sites for hydroxylation is 1. The molecule has 0 radical (unpaired) electrons. The van der Waals surface area contributed by atoms with Crippen LogP contribution in [0, 0.1) is 0 Å². The molecule has 1 atom stereocenters. The second-order valence-electron chi connectivity index (χ2n) is 5.43. The first-order valence-electron chi connectivity index (χ1n) is 7.51. The maximum atomic E-state index is 12.5. The molecule has 22 heavy (non-hydrogen) atoms. The number of rotatable bonds is 4. The molecule has 3 aromatic rings. The van der Waals surface area contributed by atoms with Gasteiger partial charge in [0.15, 0.2) is 0 Å². The van der Waals surface area contributed by atoms with Gasteiger partial charge in [0.1, 0.15) is 0 Å². The van der Waals surface area contributed by atoms with Crippen molar-refractivity contribution in [3.63, 3.8) is 0 Å². The normalized spacial score (nSPS) is 12.3. The Bertz CT molecular complexity index is 789. The van der Waals surface area contributed by atoms with Crippen molar-refractivity contribution >= 4 is 16.8 Å². The number of hydrogen-bond donors (Lipinski definition) is 2. The number of nitrogens with zero attached hydrogens (tertiary/aromatic N) is 1. The number of benzene rings is 2. The van der Waals surface area contributed by atoms with Gasteiger partial charge in [0, 0.05) is 5.39 Å². The molecular weight excluding hydrogens is 274 g/mol. The van der Waals surface area contributed by atoms with Gasteiger partial charge < -0.3 is 5.32 Å². The van der Waals surface area contributed by atoms with Crippen LogP contribution in [0.4, 0.5) is 0 Å². The molecule has 4 heteroatoms. The van der Waals surface area contributed by atoms with E-state index in [1.165, 1.54) is 5.56 Å². The molecule has 4 nitrogen and oxygen atoms in total. The van der Waals surface area contributed by atoms with Crippen molar-refractivity contribution in [3.8, 4) is 0 Å². The topological polar surface area (TPSA) is 57.8 Å². The number of H-pyrrole nitrogens is 1. The van der Waals surface area contributed by atoms with E-state index >= 15 is 0 Å². The molecule has 112 valence electrons. The lowest BCUT2D eigenvalue weighted by Crippen LogP contribution is -2.26. The predicted octanol–water partition coefficient (Wildman–Crippen LogP) is 3.62. The number of carbonyl (C=O) groups is 1. The van der Waals surface area contributed by atoms with Gasteiger partial charge in [-0.25, -0.2) is 0 Å². The molecular formula is C18H19N3O. The Morgan fingerprint density at radius 3 is 2.73 bits per heavy atom. The Labute approximate surface area is 129 Å². The summed E-state index contributed by atoms with van der Waals surface area (Å²) >= 11 is 0. The lowest BCUT2D eigenvalue weighted by Gasteiger charge is -2.15. The fraction of sp³-hybridized carbons (Fsp3) is 0.222. The van der Waals surface area contributed by atoms with Gasteiger partial charge in [-0.2, -0.15) is 5.10 Å². The summed E-state index contributed by atoms with van der Waals surface area (Å²) in [6.45, 7) is 4.12. The van der Waals surface area contributed by atoms with E-state index < -0.39 is 0 Å². The number of amides is 1. The highest BCUT2D eigenvalue weighted by molar-refractivity contribution is 6.05. The van der Waals surface area contributed by atoms with Crippen molar-refractivity contribution in [2.24, 2.45) is 0 Å². The van der Waals surface area contributed by atoms with Crippen LogP contribution < -0.4 is 5.32 Å². The summed E-state index contributed by atoms with van der Waals surface area (Å²) in [5, 5.41) is 10.9. The molecule has 0 saturated carbocycles. The summed E-state index contributed by atoms with van der Waals surface area (Å²) in [6, 6.07) is 13.9. The zero-order valence-electron chi connectivity index (χ0n) is 12.8. The molecule has 0 saturated heterocycles. The lowest BCUT2D eigenvalue weighted by molar-refractivity contribution is 0.0941. The van der Waals surface area contributed by atoms with Crippen molar-refractivity contribution in [3.05, 3.63) is 65.4 Å². The fourth-order valence-corrected chi connectivity index (χ4v) is 2.56. The van der Waals surface area contributed by atoms with Crippen LogP contribution in [-0.4, -0.2) is 16.1 Å². The molecule has 1 unspecified atom stereocenters. The van der Waals surface area contributed by atoms with Crippen LogP contribution in [0.25, 0.3) is 10.9 Å². The summed E-state index contributed by atoms with van der Waals surface area (Å²) in [5.41, 5.74) is 3.78. The highest BCUT2D eigenvalue weighted by Gasteiger charge is 2.14. The molecule has 0 aliphatic carbocycles. The third-order valence-corrected chi connectivity index (χ3v) is 3.96. The van der Waals surface area contributed by atoms with Crippen LogP contribution in [0.2, 0.25) is 0 Å². The molecule has 1 amide bonds. The first-order valence-corrected chi connectivity index (χ1v) is 7.51. The number of carbonyl (C=O) groups excluding carboxylic acids is 1. The second kappa shape index (κ2) is 6.02. The number of aromatic nitrogens is 2. The fourth-order valence-electron chi connectivity index (χ4n) is 2.56. The summed E-state index contributed by atoms with van der Waals surface area (Å²) in [6.07, 6.45) is 2.74. The smallest absolute Gasteiger partial charge is 0.253 e. The molecule has 1 heterocycles. The first-order chi connectivity index (χ1) is 10.7. The van der Waals surface area contributed by atoms with Gasteiger partial charge in [0.25, 0.3) is 5.91 Å². The summed E-state index contributed by atoms with van der Waals surface area (Å²) in [5.74, 6) is -0.0954. The van der Waals surface area contributed by atoms with Gasteiger partial charge in [0.2, 0.25) is 0 Å². The van der Waals surface area contributed by atoms with E-state index in [1.807, 2.05) is 25.1 Å². The minimum Gasteiger partial charge on any atom is -0.345 e. The van der Waals surface area contributed by atoms with Crippen molar-refractivity contribution in [1.29, 1.82) is 0 Å².